The number of nitrogens with one attached hydrogen (secondary N) is 1. The van der Waals surface area contributed by atoms with Crippen LogP contribution >= 0.6 is 12.4 Å². The molecule has 0 radical (unpaired) electrons. The quantitative estimate of drug-likeness (QED) is 0.882. The van der Waals surface area contributed by atoms with Crippen LogP contribution < -0.4 is 11.1 Å². The lowest BCUT2D eigenvalue weighted by Gasteiger charge is -2.20. The van der Waals surface area contributed by atoms with E-state index in [1.54, 1.807) is 0 Å². The fraction of sp³-hybridized carbons (Fsp3) is 0.316. The highest BCUT2D eigenvalue weighted by Crippen LogP contribution is 2.40. The average Bonchev–Trinajstić information content (AvgIpc) is 3.34. The molecule has 4 unspecified atom stereocenters. The summed E-state index contributed by atoms with van der Waals surface area (Å²) in [6, 6.07) is 20.1. The number of nitrogens with two attached hydrogens (primary N) is 1. The molecular weight excluding hydrogens is 308 g/mol. The third-order valence-electron chi connectivity index (χ3n) is 4.48. The van der Waals surface area contributed by atoms with Gasteiger partial charge in [-0.1, -0.05) is 67.6 Å². The lowest BCUT2D eigenvalue weighted by Crippen LogP contribution is -2.37. The van der Waals surface area contributed by atoms with Crippen LogP contribution in [0.1, 0.15) is 36.4 Å². The molecule has 1 aliphatic rings. The van der Waals surface area contributed by atoms with Crippen molar-refractivity contribution in [3.8, 4) is 0 Å². The Hall–Kier alpha value is -1.84. The lowest BCUT2D eigenvalue weighted by atomic mass is 9.94. The molecule has 122 valence electrons. The molecule has 0 aliphatic heterocycles. The van der Waals surface area contributed by atoms with E-state index < -0.39 is 0 Å². The maximum absolute atomic E-state index is 12.4. The number of hydrogen-bond donors (Lipinski definition) is 2. The summed E-state index contributed by atoms with van der Waals surface area (Å²) >= 11 is 0. The van der Waals surface area contributed by atoms with Crippen molar-refractivity contribution in [2.45, 2.75) is 31.3 Å². The monoisotopic (exact) mass is 330 g/mol. The summed E-state index contributed by atoms with van der Waals surface area (Å²) in [7, 11) is 0. The predicted octanol–water partition coefficient (Wildman–Crippen LogP) is 3.42. The Labute approximate surface area is 143 Å². The molecule has 0 aromatic heterocycles. The van der Waals surface area contributed by atoms with Gasteiger partial charge in [0, 0.05) is 18.0 Å². The molecule has 2 aromatic rings. The van der Waals surface area contributed by atoms with Gasteiger partial charge in [0.05, 0.1) is 5.92 Å². The minimum atomic E-state index is -0.268. The largest absolute Gasteiger partial charge is 0.352 e. The Morgan fingerprint density at radius 2 is 1.65 bits per heavy atom. The number of halogens is 1. The number of hydrogen-bond acceptors (Lipinski definition) is 2. The lowest BCUT2D eigenvalue weighted by molar-refractivity contribution is -0.125. The summed E-state index contributed by atoms with van der Waals surface area (Å²) < 4.78 is 0. The minimum absolute atomic E-state index is 0. The summed E-state index contributed by atoms with van der Waals surface area (Å²) in [6.07, 6.45) is 1.02. The smallest absolute Gasteiger partial charge is 0.224 e. The Balaban J connectivity index is 0.00000192. The first-order valence-electron chi connectivity index (χ1n) is 7.82. The first-order valence-corrected chi connectivity index (χ1v) is 7.82. The van der Waals surface area contributed by atoms with Crippen molar-refractivity contribution in [1.82, 2.24) is 5.32 Å². The van der Waals surface area contributed by atoms with E-state index in [4.69, 9.17) is 5.73 Å². The second kappa shape index (κ2) is 7.62. The Morgan fingerprint density at radius 1 is 1.09 bits per heavy atom. The van der Waals surface area contributed by atoms with Gasteiger partial charge in [0.15, 0.2) is 0 Å². The number of carbonyl (C=O) groups excluding carboxylic acids is 1. The summed E-state index contributed by atoms with van der Waals surface area (Å²) in [5.74, 6) is 0.254. The summed E-state index contributed by atoms with van der Waals surface area (Å²) in [6.45, 7) is 1.90. The standard InChI is InChI=1S/C19H22N2O.ClH/c1-13(18(20)15-10-6-3-7-11-15)19(22)21-17-12-16(17)14-8-4-2-5-9-14;/h2-11,13,16-18H,12,20H2,1H3,(H,21,22);1H. The van der Waals surface area contributed by atoms with Crippen LogP contribution in [-0.2, 0) is 4.79 Å². The molecule has 1 aliphatic carbocycles. The van der Waals surface area contributed by atoms with Crippen LogP contribution in [0.2, 0.25) is 0 Å². The van der Waals surface area contributed by atoms with E-state index >= 15 is 0 Å². The van der Waals surface area contributed by atoms with Crippen molar-refractivity contribution in [2.75, 3.05) is 0 Å². The van der Waals surface area contributed by atoms with Crippen LogP contribution in [0.4, 0.5) is 0 Å². The highest BCUT2D eigenvalue weighted by molar-refractivity contribution is 5.85. The molecule has 0 heterocycles. The molecule has 0 bridgehead atoms. The molecule has 0 saturated heterocycles. The van der Waals surface area contributed by atoms with Gasteiger partial charge in [-0.2, -0.15) is 0 Å². The topological polar surface area (TPSA) is 55.1 Å². The van der Waals surface area contributed by atoms with E-state index in [-0.39, 0.29) is 36.3 Å². The van der Waals surface area contributed by atoms with Crippen LogP contribution in [0.3, 0.4) is 0 Å². The van der Waals surface area contributed by atoms with Gasteiger partial charge in [-0.25, -0.2) is 0 Å². The van der Waals surface area contributed by atoms with Crippen LogP contribution in [0.25, 0.3) is 0 Å². The third kappa shape index (κ3) is 4.12. The number of carbonyl (C=O) groups is 1. The van der Waals surface area contributed by atoms with Gasteiger partial charge in [0.25, 0.3) is 0 Å². The molecule has 3 rings (SSSR count). The molecule has 3 N–H and O–H groups in total. The molecule has 1 fully saturated rings. The average molecular weight is 331 g/mol. The van der Waals surface area contributed by atoms with Crippen LogP contribution in [0.15, 0.2) is 60.7 Å². The third-order valence-corrected chi connectivity index (χ3v) is 4.48. The fourth-order valence-electron chi connectivity index (χ4n) is 2.86. The van der Waals surface area contributed by atoms with Crippen LogP contribution in [0.5, 0.6) is 0 Å². The fourth-order valence-corrected chi connectivity index (χ4v) is 2.86. The first kappa shape index (κ1) is 17.5. The Kier molecular flexibility index (Phi) is 5.80. The summed E-state index contributed by atoms with van der Waals surface area (Å²) in [5.41, 5.74) is 8.52. The van der Waals surface area contributed by atoms with E-state index in [0.29, 0.717) is 5.92 Å². The van der Waals surface area contributed by atoms with Gasteiger partial charge in [-0.15, -0.1) is 12.4 Å². The normalized spacial score (nSPS) is 21.7. The molecule has 1 saturated carbocycles. The van der Waals surface area contributed by atoms with Gasteiger partial charge in [-0.3, -0.25) is 4.79 Å². The van der Waals surface area contributed by atoms with Gasteiger partial charge in [-0.05, 0) is 17.5 Å². The van der Waals surface area contributed by atoms with Crippen LogP contribution in [-0.4, -0.2) is 11.9 Å². The highest BCUT2D eigenvalue weighted by atomic mass is 35.5. The van der Waals surface area contributed by atoms with Crippen molar-refractivity contribution in [3.63, 3.8) is 0 Å². The van der Waals surface area contributed by atoms with E-state index in [0.717, 1.165) is 12.0 Å². The van der Waals surface area contributed by atoms with Crippen molar-refractivity contribution >= 4 is 18.3 Å². The first-order chi connectivity index (χ1) is 10.7. The van der Waals surface area contributed by atoms with E-state index in [1.807, 2.05) is 55.5 Å². The van der Waals surface area contributed by atoms with Gasteiger partial charge < -0.3 is 11.1 Å². The van der Waals surface area contributed by atoms with E-state index in [2.05, 4.69) is 17.4 Å². The zero-order valence-electron chi connectivity index (χ0n) is 13.2. The van der Waals surface area contributed by atoms with E-state index in [9.17, 15) is 4.79 Å². The van der Waals surface area contributed by atoms with Crippen LogP contribution in [0, 0.1) is 5.92 Å². The second-order valence-corrected chi connectivity index (χ2v) is 6.09. The van der Waals surface area contributed by atoms with Crippen molar-refractivity contribution in [2.24, 2.45) is 11.7 Å². The zero-order valence-corrected chi connectivity index (χ0v) is 14.0. The van der Waals surface area contributed by atoms with Crippen molar-refractivity contribution < 1.29 is 4.79 Å². The molecule has 0 spiro atoms. The number of amides is 1. The Bertz CT molecular complexity index is 632. The van der Waals surface area contributed by atoms with Gasteiger partial charge in [0.1, 0.15) is 0 Å². The second-order valence-electron chi connectivity index (χ2n) is 6.09. The predicted molar refractivity (Wildman–Crippen MR) is 95.5 cm³/mol. The molecule has 1 amide bonds. The molecule has 3 nitrogen and oxygen atoms in total. The maximum atomic E-state index is 12.4. The highest BCUT2D eigenvalue weighted by Gasteiger charge is 2.40. The van der Waals surface area contributed by atoms with Crippen molar-refractivity contribution in [1.29, 1.82) is 0 Å². The number of benzene rings is 2. The Morgan fingerprint density at radius 3 is 2.26 bits per heavy atom. The molecule has 2 aromatic carbocycles. The SMILES string of the molecule is CC(C(=O)NC1CC1c1ccccc1)C(N)c1ccccc1.Cl. The molecule has 23 heavy (non-hydrogen) atoms. The van der Waals surface area contributed by atoms with Gasteiger partial charge >= 0.3 is 0 Å². The molecule has 4 heteroatoms. The van der Waals surface area contributed by atoms with Crippen molar-refractivity contribution in [3.05, 3.63) is 71.8 Å². The van der Waals surface area contributed by atoms with E-state index in [1.165, 1.54) is 5.56 Å². The number of rotatable bonds is 5. The minimum Gasteiger partial charge on any atom is -0.352 e. The molecular formula is C19H23ClN2O. The van der Waals surface area contributed by atoms with Gasteiger partial charge in [0.2, 0.25) is 5.91 Å². The maximum Gasteiger partial charge on any atom is 0.224 e. The summed E-state index contributed by atoms with van der Waals surface area (Å²) in [4.78, 5) is 12.4. The molecule has 4 atom stereocenters. The zero-order chi connectivity index (χ0) is 15.5. The summed E-state index contributed by atoms with van der Waals surface area (Å²) in [5, 5.41) is 3.13.